The number of para-hydroxylation sites is 1. The van der Waals surface area contributed by atoms with Crippen LogP contribution in [0.3, 0.4) is 0 Å². The Balaban J connectivity index is 1.19. The maximum absolute atomic E-state index is 12.9. The van der Waals surface area contributed by atoms with Crippen molar-refractivity contribution in [3.05, 3.63) is 58.8 Å². The van der Waals surface area contributed by atoms with E-state index in [0.29, 0.717) is 32.4 Å². The third kappa shape index (κ3) is 5.17. The van der Waals surface area contributed by atoms with Gasteiger partial charge in [-0.2, -0.15) is 5.10 Å². The zero-order valence-electron chi connectivity index (χ0n) is 22.6. The van der Waals surface area contributed by atoms with E-state index in [1.54, 1.807) is 0 Å². The maximum atomic E-state index is 12.9. The molecule has 8 heteroatoms. The fourth-order valence-corrected chi connectivity index (χ4v) is 5.84. The highest BCUT2D eigenvalue weighted by Gasteiger charge is 2.32. The third-order valence-corrected chi connectivity index (χ3v) is 8.22. The second kappa shape index (κ2) is 11.0. The van der Waals surface area contributed by atoms with Crippen molar-refractivity contribution >= 4 is 34.3 Å². The number of benzene rings is 2. The largest absolute Gasteiger partial charge is 0.366 e. The van der Waals surface area contributed by atoms with Crippen LogP contribution in [0.2, 0.25) is 0 Å². The molecule has 2 fully saturated rings. The van der Waals surface area contributed by atoms with Gasteiger partial charge in [-0.1, -0.05) is 30.3 Å². The van der Waals surface area contributed by atoms with Crippen LogP contribution in [0.25, 0.3) is 10.9 Å². The minimum absolute atomic E-state index is 0.221. The molecule has 1 unspecified atom stereocenters. The number of hydrogen-bond donors (Lipinski definition) is 1. The number of nitrogens with one attached hydrogen (secondary N) is 1. The molecule has 0 bridgehead atoms. The van der Waals surface area contributed by atoms with Crippen LogP contribution in [0.4, 0.5) is 5.69 Å². The fourth-order valence-electron chi connectivity index (χ4n) is 5.84. The number of hydrogen-bond acceptors (Lipinski definition) is 5. The van der Waals surface area contributed by atoms with Gasteiger partial charge in [-0.05, 0) is 62.3 Å². The van der Waals surface area contributed by atoms with Crippen LogP contribution in [0.15, 0.2) is 36.4 Å². The number of unbranched alkanes of at least 4 members (excludes halogenated alkanes) is 1. The molecule has 38 heavy (non-hydrogen) atoms. The van der Waals surface area contributed by atoms with Crippen LogP contribution in [-0.4, -0.2) is 58.6 Å². The number of rotatable bonds is 7. The standard InChI is InChI=1S/C30H37N5O3/c1-20-8-6-10-22(21(20)2)9-4-5-13-27(37)35-18-16-34(17-19-35)25-12-7-11-23-28(32-33(3)29(23)25)24-14-15-26(36)31-30(24)38/h6-8,10-12,24H,4-5,9,13-19H2,1-3H3,(H,31,36,38). The number of aromatic nitrogens is 2. The van der Waals surface area contributed by atoms with Gasteiger partial charge in [0.05, 0.1) is 22.8 Å². The number of piperazine rings is 1. The van der Waals surface area contributed by atoms with Gasteiger partial charge in [0.1, 0.15) is 0 Å². The van der Waals surface area contributed by atoms with E-state index in [4.69, 9.17) is 5.10 Å². The summed E-state index contributed by atoms with van der Waals surface area (Å²) in [5.41, 5.74) is 6.85. The number of anilines is 1. The average molecular weight is 516 g/mol. The number of carbonyl (C=O) groups is 3. The van der Waals surface area contributed by atoms with E-state index < -0.39 is 5.92 Å². The van der Waals surface area contributed by atoms with Crippen LogP contribution >= 0.6 is 0 Å². The van der Waals surface area contributed by atoms with Crippen molar-refractivity contribution in [2.24, 2.45) is 7.05 Å². The first kappa shape index (κ1) is 25.9. The van der Waals surface area contributed by atoms with Gasteiger partial charge in [0, 0.05) is 51.5 Å². The van der Waals surface area contributed by atoms with E-state index in [1.807, 2.05) is 28.8 Å². The first-order valence-corrected chi connectivity index (χ1v) is 13.7. The van der Waals surface area contributed by atoms with Crippen LogP contribution < -0.4 is 10.2 Å². The van der Waals surface area contributed by atoms with E-state index in [-0.39, 0.29) is 17.7 Å². The number of aryl methyl sites for hydroxylation is 3. The number of piperidine rings is 1. The molecule has 3 aromatic rings. The quantitative estimate of drug-likeness (QED) is 0.382. The Morgan fingerprint density at radius 2 is 1.79 bits per heavy atom. The fraction of sp³-hybridized carbons (Fsp3) is 0.467. The lowest BCUT2D eigenvalue weighted by molar-refractivity contribution is -0.134. The van der Waals surface area contributed by atoms with Crippen LogP contribution in [0.1, 0.15) is 60.4 Å². The summed E-state index contributed by atoms with van der Waals surface area (Å²) in [4.78, 5) is 41.3. The molecule has 5 rings (SSSR count). The highest BCUT2D eigenvalue weighted by atomic mass is 16.2. The molecular weight excluding hydrogens is 478 g/mol. The van der Waals surface area contributed by atoms with E-state index in [1.165, 1.54) is 16.7 Å². The summed E-state index contributed by atoms with van der Waals surface area (Å²) in [6.07, 6.45) is 4.35. The number of fused-ring (bicyclic) bond motifs is 1. The molecule has 8 nitrogen and oxygen atoms in total. The molecule has 2 aliphatic heterocycles. The second-order valence-electron chi connectivity index (χ2n) is 10.6. The predicted octanol–water partition coefficient (Wildman–Crippen LogP) is 3.77. The Hall–Kier alpha value is -3.68. The molecular formula is C30H37N5O3. The van der Waals surface area contributed by atoms with Gasteiger partial charge < -0.3 is 9.80 Å². The number of nitrogens with zero attached hydrogens (tertiary/aromatic N) is 4. The van der Waals surface area contributed by atoms with Gasteiger partial charge in [0.15, 0.2) is 0 Å². The third-order valence-electron chi connectivity index (χ3n) is 8.22. The number of imide groups is 1. The normalized spacial score (nSPS) is 18.2. The van der Waals surface area contributed by atoms with Crippen molar-refractivity contribution in [2.45, 2.75) is 58.3 Å². The Kier molecular flexibility index (Phi) is 7.49. The van der Waals surface area contributed by atoms with Crippen molar-refractivity contribution in [3.63, 3.8) is 0 Å². The lowest BCUT2D eigenvalue weighted by Gasteiger charge is -2.36. The van der Waals surface area contributed by atoms with Crippen LogP contribution in [0, 0.1) is 13.8 Å². The molecule has 3 heterocycles. The molecule has 0 radical (unpaired) electrons. The van der Waals surface area contributed by atoms with Crippen molar-refractivity contribution in [1.29, 1.82) is 0 Å². The summed E-state index contributed by atoms with van der Waals surface area (Å²) < 4.78 is 1.84. The van der Waals surface area contributed by atoms with Gasteiger partial charge in [-0.3, -0.25) is 24.4 Å². The highest BCUT2D eigenvalue weighted by Crippen LogP contribution is 2.35. The molecule has 3 amide bonds. The first-order valence-electron chi connectivity index (χ1n) is 13.7. The van der Waals surface area contributed by atoms with Crippen LogP contribution in [0.5, 0.6) is 0 Å². The molecule has 2 aromatic carbocycles. The summed E-state index contributed by atoms with van der Waals surface area (Å²) in [5.74, 6) is -0.672. The van der Waals surface area contributed by atoms with Gasteiger partial charge in [-0.15, -0.1) is 0 Å². The summed E-state index contributed by atoms with van der Waals surface area (Å²) in [5, 5.41) is 8.11. The lowest BCUT2D eigenvalue weighted by Crippen LogP contribution is -2.48. The molecule has 2 saturated heterocycles. The monoisotopic (exact) mass is 515 g/mol. The molecule has 1 N–H and O–H groups in total. The van der Waals surface area contributed by atoms with Gasteiger partial charge in [0.2, 0.25) is 17.7 Å². The second-order valence-corrected chi connectivity index (χ2v) is 10.6. The molecule has 1 aromatic heterocycles. The predicted molar refractivity (Wildman–Crippen MR) is 148 cm³/mol. The minimum atomic E-state index is -0.420. The Labute approximate surface area is 224 Å². The maximum Gasteiger partial charge on any atom is 0.235 e. The molecule has 0 spiro atoms. The first-order chi connectivity index (χ1) is 18.3. The van der Waals surface area contributed by atoms with Crippen LogP contribution in [-0.2, 0) is 27.9 Å². The smallest absolute Gasteiger partial charge is 0.235 e. The number of carbonyl (C=O) groups excluding carboxylic acids is 3. The van der Waals surface area contributed by atoms with Crippen molar-refractivity contribution in [2.75, 3.05) is 31.1 Å². The zero-order valence-corrected chi connectivity index (χ0v) is 22.6. The van der Waals surface area contributed by atoms with Crippen molar-refractivity contribution in [3.8, 4) is 0 Å². The summed E-state index contributed by atoms with van der Waals surface area (Å²) in [6.45, 7) is 7.23. The Morgan fingerprint density at radius 3 is 2.55 bits per heavy atom. The van der Waals surface area contributed by atoms with Gasteiger partial charge >= 0.3 is 0 Å². The summed E-state index contributed by atoms with van der Waals surface area (Å²) in [6, 6.07) is 12.5. The highest BCUT2D eigenvalue weighted by molar-refractivity contribution is 6.03. The molecule has 0 saturated carbocycles. The average Bonchev–Trinajstić information content (AvgIpc) is 3.25. The summed E-state index contributed by atoms with van der Waals surface area (Å²) >= 11 is 0. The van der Waals surface area contributed by atoms with Gasteiger partial charge in [-0.25, -0.2) is 0 Å². The minimum Gasteiger partial charge on any atom is -0.366 e. The SMILES string of the molecule is Cc1cccc(CCCCC(=O)N2CCN(c3cccc4c(C5CCC(=O)NC5=O)nn(C)c34)CC2)c1C. The van der Waals surface area contributed by atoms with Gasteiger partial charge in [0.25, 0.3) is 0 Å². The molecule has 1 atom stereocenters. The molecule has 2 aliphatic rings. The van der Waals surface area contributed by atoms with E-state index in [2.05, 4.69) is 48.3 Å². The molecule has 0 aliphatic carbocycles. The van der Waals surface area contributed by atoms with Crippen molar-refractivity contribution in [1.82, 2.24) is 20.0 Å². The Morgan fingerprint density at radius 1 is 1.03 bits per heavy atom. The Bertz CT molecular complexity index is 1370. The zero-order chi connectivity index (χ0) is 26.8. The summed E-state index contributed by atoms with van der Waals surface area (Å²) in [7, 11) is 1.90. The topological polar surface area (TPSA) is 87.5 Å². The van der Waals surface area contributed by atoms with E-state index in [0.717, 1.165) is 54.6 Å². The van der Waals surface area contributed by atoms with E-state index >= 15 is 0 Å². The number of amides is 3. The van der Waals surface area contributed by atoms with Crippen molar-refractivity contribution < 1.29 is 14.4 Å². The van der Waals surface area contributed by atoms with E-state index in [9.17, 15) is 14.4 Å². The molecule has 200 valence electrons. The lowest BCUT2D eigenvalue weighted by atomic mass is 9.92.